The molecule has 2 amide bonds. The van der Waals surface area contributed by atoms with Crippen molar-refractivity contribution in [3.05, 3.63) is 24.3 Å². The molecule has 3 rings (SSSR count). The summed E-state index contributed by atoms with van der Waals surface area (Å²) in [5.41, 5.74) is 6.73. The first-order valence-electron chi connectivity index (χ1n) is 8.20. The smallest absolute Gasteiger partial charge is 0.260 e. The summed E-state index contributed by atoms with van der Waals surface area (Å²) in [4.78, 5) is 27.4. The summed E-state index contributed by atoms with van der Waals surface area (Å²) < 4.78 is 5.57. The van der Waals surface area contributed by atoms with Crippen LogP contribution in [0.25, 0.3) is 0 Å². The van der Waals surface area contributed by atoms with E-state index in [0.717, 1.165) is 31.5 Å². The molecule has 2 saturated heterocycles. The van der Waals surface area contributed by atoms with Gasteiger partial charge in [-0.25, -0.2) is 0 Å². The molecule has 1 aromatic rings. The highest BCUT2D eigenvalue weighted by Gasteiger charge is 2.22. The molecule has 6 nitrogen and oxygen atoms in total. The van der Waals surface area contributed by atoms with E-state index < -0.39 is 0 Å². The summed E-state index contributed by atoms with van der Waals surface area (Å²) in [7, 11) is 0. The largest absolute Gasteiger partial charge is 0.484 e. The molecular formula is C17H23N3O3. The Kier molecular flexibility index (Phi) is 4.81. The van der Waals surface area contributed by atoms with Crippen molar-refractivity contribution in [3.8, 4) is 5.75 Å². The summed E-state index contributed by atoms with van der Waals surface area (Å²) in [5, 5.41) is 0. The molecule has 6 heteroatoms. The van der Waals surface area contributed by atoms with Gasteiger partial charge in [-0.1, -0.05) is 0 Å². The van der Waals surface area contributed by atoms with E-state index in [-0.39, 0.29) is 24.5 Å². The van der Waals surface area contributed by atoms with E-state index in [1.54, 1.807) is 21.9 Å². The van der Waals surface area contributed by atoms with E-state index in [1.165, 1.54) is 0 Å². The fourth-order valence-electron chi connectivity index (χ4n) is 3.03. The first-order valence-corrected chi connectivity index (χ1v) is 8.20. The van der Waals surface area contributed by atoms with Gasteiger partial charge in [-0.3, -0.25) is 9.59 Å². The van der Waals surface area contributed by atoms with Gasteiger partial charge in [-0.2, -0.15) is 0 Å². The second-order valence-corrected chi connectivity index (χ2v) is 6.15. The van der Waals surface area contributed by atoms with Crippen molar-refractivity contribution in [3.63, 3.8) is 0 Å². The first kappa shape index (κ1) is 15.8. The van der Waals surface area contributed by atoms with Gasteiger partial charge in [0.1, 0.15) is 5.75 Å². The topological polar surface area (TPSA) is 75.9 Å². The van der Waals surface area contributed by atoms with Gasteiger partial charge in [0.2, 0.25) is 5.91 Å². The molecule has 2 heterocycles. The minimum Gasteiger partial charge on any atom is -0.484 e. The molecule has 2 aliphatic rings. The standard InChI is InChI=1S/C17H23N3O3/c18-13-7-10-19(11-8-13)17(22)12-23-15-5-3-14(4-6-15)20-9-1-2-16(20)21/h3-6,13H,1-2,7-12,18H2. The van der Waals surface area contributed by atoms with E-state index in [9.17, 15) is 9.59 Å². The van der Waals surface area contributed by atoms with Crippen molar-refractivity contribution in [2.24, 2.45) is 5.73 Å². The molecule has 23 heavy (non-hydrogen) atoms. The van der Waals surface area contributed by atoms with E-state index in [1.807, 2.05) is 12.1 Å². The highest BCUT2D eigenvalue weighted by Crippen LogP contribution is 2.24. The summed E-state index contributed by atoms with van der Waals surface area (Å²) in [6.07, 6.45) is 3.23. The Morgan fingerprint density at radius 1 is 1.17 bits per heavy atom. The molecule has 0 bridgehead atoms. The lowest BCUT2D eigenvalue weighted by Crippen LogP contribution is -2.44. The molecule has 0 aromatic heterocycles. The quantitative estimate of drug-likeness (QED) is 0.903. The molecule has 0 atom stereocenters. The van der Waals surface area contributed by atoms with Crippen LogP contribution in [0.1, 0.15) is 25.7 Å². The number of carbonyl (C=O) groups excluding carboxylic acids is 2. The van der Waals surface area contributed by atoms with Crippen molar-refractivity contribution in [2.45, 2.75) is 31.7 Å². The summed E-state index contributed by atoms with van der Waals surface area (Å²) in [5.74, 6) is 0.801. The van der Waals surface area contributed by atoms with Gasteiger partial charge in [0.05, 0.1) is 0 Å². The second kappa shape index (κ2) is 7.00. The summed E-state index contributed by atoms with van der Waals surface area (Å²) in [6.45, 7) is 2.23. The van der Waals surface area contributed by atoms with Crippen LogP contribution in [-0.4, -0.2) is 49.0 Å². The number of nitrogens with two attached hydrogens (primary N) is 1. The van der Waals surface area contributed by atoms with E-state index in [2.05, 4.69) is 0 Å². The molecule has 2 fully saturated rings. The third-order valence-corrected chi connectivity index (χ3v) is 4.48. The predicted octanol–water partition coefficient (Wildman–Crippen LogP) is 1.14. The van der Waals surface area contributed by atoms with Gasteiger partial charge in [0, 0.05) is 37.8 Å². The van der Waals surface area contributed by atoms with Gasteiger partial charge in [0.25, 0.3) is 5.91 Å². The molecule has 0 radical (unpaired) electrons. The maximum absolute atomic E-state index is 12.1. The predicted molar refractivity (Wildman–Crippen MR) is 87.3 cm³/mol. The SMILES string of the molecule is NC1CCN(C(=O)COc2ccc(N3CCCC3=O)cc2)CC1. The van der Waals surface area contributed by atoms with Crippen molar-refractivity contribution in [1.29, 1.82) is 0 Å². The summed E-state index contributed by atoms with van der Waals surface area (Å²) in [6, 6.07) is 7.55. The second-order valence-electron chi connectivity index (χ2n) is 6.15. The average Bonchev–Trinajstić information content (AvgIpc) is 3.00. The lowest BCUT2D eigenvalue weighted by atomic mass is 10.1. The zero-order chi connectivity index (χ0) is 16.2. The van der Waals surface area contributed by atoms with Crippen LogP contribution in [-0.2, 0) is 9.59 Å². The third-order valence-electron chi connectivity index (χ3n) is 4.48. The van der Waals surface area contributed by atoms with Crippen LogP contribution in [0.5, 0.6) is 5.75 Å². The number of piperidine rings is 1. The van der Waals surface area contributed by atoms with Gasteiger partial charge in [0.15, 0.2) is 6.61 Å². The van der Waals surface area contributed by atoms with Crippen molar-refractivity contribution < 1.29 is 14.3 Å². The Morgan fingerprint density at radius 3 is 2.48 bits per heavy atom. The van der Waals surface area contributed by atoms with Crippen LogP contribution >= 0.6 is 0 Å². The zero-order valence-corrected chi connectivity index (χ0v) is 13.2. The van der Waals surface area contributed by atoms with Crippen molar-refractivity contribution >= 4 is 17.5 Å². The lowest BCUT2D eigenvalue weighted by Gasteiger charge is -2.30. The molecule has 124 valence electrons. The number of rotatable bonds is 4. The lowest BCUT2D eigenvalue weighted by molar-refractivity contribution is -0.134. The first-order chi connectivity index (χ1) is 11.1. The Bertz CT molecular complexity index is 565. The highest BCUT2D eigenvalue weighted by atomic mass is 16.5. The third kappa shape index (κ3) is 3.82. The van der Waals surface area contributed by atoms with Gasteiger partial charge in [-0.05, 0) is 43.5 Å². The summed E-state index contributed by atoms with van der Waals surface area (Å²) >= 11 is 0. The average molecular weight is 317 g/mol. The number of hydrogen-bond donors (Lipinski definition) is 1. The van der Waals surface area contributed by atoms with Gasteiger partial charge >= 0.3 is 0 Å². The Hall–Kier alpha value is -2.08. The number of anilines is 1. The number of nitrogens with zero attached hydrogens (tertiary/aromatic N) is 2. The maximum atomic E-state index is 12.1. The Morgan fingerprint density at radius 2 is 1.87 bits per heavy atom. The number of carbonyl (C=O) groups is 2. The van der Waals surface area contributed by atoms with E-state index in [0.29, 0.717) is 25.3 Å². The molecule has 2 N–H and O–H groups in total. The van der Waals surface area contributed by atoms with Crippen LogP contribution in [0.4, 0.5) is 5.69 Å². The van der Waals surface area contributed by atoms with Crippen molar-refractivity contribution in [1.82, 2.24) is 4.90 Å². The zero-order valence-electron chi connectivity index (χ0n) is 13.2. The number of benzene rings is 1. The molecule has 0 aliphatic carbocycles. The van der Waals surface area contributed by atoms with E-state index in [4.69, 9.17) is 10.5 Å². The van der Waals surface area contributed by atoms with Crippen LogP contribution in [0, 0.1) is 0 Å². The molecule has 0 saturated carbocycles. The fraction of sp³-hybridized carbons (Fsp3) is 0.529. The Balaban J connectivity index is 1.50. The maximum Gasteiger partial charge on any atom is 0.260 e. The monoisotopic (exact) mass is 317 g/mol. The van der Waals surface area contributed by atoms with Gasteiger partial charge in [-0.15, -0.1) is 0 Å². The molecular weight excluding hydrogens is 294 g/mol. The van der Waals surface area contributed by atoms with Crippen LogP contribution in [0.2, 0.25) is 0 Å². The van der Waals surface area contributed by atoms with Gasteiger partial charge < -0.3 is 20.3 Å². The number of likely N-dealkylation sites (tertiary alicyclic amines) is 1. The van der Waals surface area contributed by atoms with E-state index >= 15 is 0 Å². The molecule has 0 spiro atoms. The highest BCUT2D eigenvalue weighted by molar-refractivity contribution is 5.95. The number of ether oxygens (including phenoxy) is 1. The normalized spacial score (nSPS) is 19.3. The minimum absolute atomic E-state index is 0.00398. The van der Waals surface area contributed by atoms with Crippen LogP contribution < -0.4 is 15.4 Å². The molecule has 1 aromatic carbocycles. The van der Waals surface area contributed by atoms with Crippen LogP contribution in [0.3, 0.4) is 0 Å². The number of hydrogen-bond acceptors (Lipinski definition) is 4. The molecule has 2 aliphatic heterocycles. The Labute approximate surface area is 136 Å². The van der Waals surface area contributed by atoms with Crippen molar-refractivity contribution in [2.75, 3.05) is 31.1 Å². The minimum atomic E-state index is -0.00398. The molecule has 0 unspecified atom stereocenters. The number of amides is 2. The fourth-order valence-corrected chi connectivity index (χ4v) is 3.03. The van der Waals surface area contributed by atoms with Crippen LogP contribution in [0.15, 0.2) is 24.3 Å².